The Morgan fingerprint density at radius 3 is 2.29 bits per heavy atom. The highest BCUT2D eigenvalue weighted by molar-refractivity contribution is 8.14. The molecule has 0 saturated carbocycles. The van der Waals surface area contributed by atoms with Crippen LogP contribution in [0.4, 0.5) is 0 Å². The lowest BCUT2D eigenvalue weighted by atomic mass is 10.2. The van der Waals surface area contributed by atoms with Gasteiger partial charge in [0.05, 0.1) is 0 Å². The summed E-state index contributed by atoms with van der Waals surface area (Å²) in [7, 11) is 0. The van der Waals surface area contributed by atoms with E-state index in [0.29, 0.717) is 5.92 Å². The van der Waals surface area contributed by atoms with Gasteiger partial charge in [-0.1, -0.05) is 32.9 Å². The first-order chi connectivity index (χ1) is 6.65. The summed E-state index contributed by atoms with van der Waals surface area (Å²) in [6.45, 7) is 11.6. The van der Waals surface area contributed by atoms with Gasteiger partial charge in [-0.05, 0) is 13.1 Å². The Labute approximate surface area is 91.6 Å². The first-order valence-corrected chi connectivity index (χ1v) is 6.21. The number of thioether (sulfide) groups is 1. The highest BCUT2D eigenvalue weighted by Crippen LogP contribution is 2.12. The van der Waals surface area contributed by atoms with Crippen LogP contribution in [0.15, 0.2) is 5.16 Å². The Kier molecular flexibility index (Phi) is 7.99. The molecule has 0 rings (SSSR count). The topological polar surface area (TPSA) is 35.8 Å². The Bertz CT molecular complexity index is 168. The third-order valence-electron chi connectivity index (χ3n) is 2.14. The van der Waals surface area contributed by atoms with Crippen LogP contribution in [0.2, 0.25) is 0 Å². The minimum Gasteiger partial charge on any atom is -0.410 e. The van der Waals surface area contributed by atoms with E-state index in [9.17, 15) is 0 Å². The van der Waals surface area contributed by atoms with E-state index < -0.39 is 0 Å². The van der Waals surface area contributed by atoms with Gasteiger partial charge in [0.25, 0.3) is 0 Å². The third-order valence-corrected chi connectivity index (χ3v) is 3.38. The quantitative estimate of drug-likeness (QED) is 0.322. The number of hydrogen-bond acceptors (Lipinski definition) is 4. The molecule has 0 spiro atoms. The highest BCUT2D eigenvalue weighted by atomic mass is 32.2. The second-order valence-corrected chi connectivity index (χ2v) is 4.58. The van der Waals surface area contributed by atoms with Crippen LogP contribution < -0.4 is 0 Å². The molecule has 14 heavy (non-hydrogen) atoms. The lowest BCUT2D eigenvalue weighted by Crippen LogP contribution is -2.25. The predicted molar refractivity (Wildman–Crippen MR) is 64.3 cm³/mol. The summed E-state index contributed by atoms with van der Waals surface area (Å²) < 4.78 is 0. The molecule has 1 N–H and O–H groups in total. The molecule has 0 aliphatic carbocycles. The molecule has 3 nitrogen and oxygen atoms in total. The molecule has 0 heterocycles. The Hall–Kier alpha value is -0.220. The largest absolute Gasteiger partial charge is 0.410 e. The van der Waals surface area contributed by atoms with Crippen molar-refractivity contribution >= 4 is 16.8 Å². The van der Waals surface area contributed by atoms with E-state index in [0.717, 1.165) is 30.4 Å². The molecule has 0 atom stereocenters. The van der Waals surface area contributed by atoms with Crippen molar-refractivity contribution in [3.05, 3.63) is 0 Å². The van der Waals surface area contributed by atoms with Crippen LogP contribution in [-0.4, -0.2) is 40.5 Å². The van der Waals surface area contributed by atoms with Crippen LogP contribution in [0.25, 0.3) is 0 Å². The maximum Gasteiger partial charge on any atom is 0.115 e. The van der Waals surface area contributed by atoms with Gasteiger partial charge in [-0.2, -0.15) is 0 Å². The van der Waals surface area contributed by atoms with Gasteiger partial charge in [0.15, 0.2) is 0 Å². The van der Waals surface area contributed by atoms with Gasteiger partial charge in [-0.3, -0.25) is 0 Å². The summed E-state index contributed by atoms with van der Waals surface area (Å²) in [6.07, 6.45) is 0. The van der Waals surface area contributed by atoms with E-state index in [1.165, 1.54) is 0 Å². The summed E-state index contributed by atoms with van der Waals surface area (Å²) in [5.74, 6) is 1.32. The van der Waals surface area contributed by atoms with E-state index in [-0.39, 0.29) is 0 Å². The van der Waals surface area contributed by atoms with Gasteiger partial charge >= 0.3 is 0 Å². The molecule has 0 aliphatic rings. The van der Waals surface area contributed by atoms with Crippen molar-refractivity contribution in [1.29, 1.82) is 0 Å². The number of rotatable bonds is 6. The zero-order valence-corrected chi connectivity index (χ0v) is 10.5. The molecule has 0 amide bonds. The summed E-state index contributed by atoms with van der Waals surface area (Å²) in [5, 5.41) is 12.9. The minimum atomic E-state index is 0.321. The Morgan fingerprint density at radius 2 is 1.93 bits per heavy atom. The molecule has 0 aliphatic heterocycles. The van der Waals surface area contributed by atoms with Crippen LogP contribution in [-0.2, 0) is 0 Å². The van der Waals surface area contributed by atoms with Gasteiger partial charge in [0.2, 0.25) is 0 Å². The minimum absolute atomic E-state index is 0.321. The summed E-state index contributed by atoms with van der Waals surface area (Å²) in [6, 6.07) is 0. The van der Waals surface area contributed by atoms with Crippen molar-refractivity contribution in [2.45, 2.75) is 27.7 Å². The fraction of sp³-hybridized carbons (Fsp3) is 0.900. The normalized spacial score (nSPS) is 12.9. The van der Waals surface area contributed by atoms with Crippen LogP contribution >= 0.6 is 11.8 Å². The van der Waals surface area contributed by atoms with Gasteiger partial charge in [0, 0.05) is 18.2 Å². The standard InChI is InChI=1S/C10H22N2OS/c1-5-12(6-2)7-8-14-10(11-13)9(3)4/h9,13H,5-8H2,1-4H3/b11-10+. The monoisotopic (exact) mass is 218 g/mol. The molecule has 0 radical (unpaired) electrons. The lowest BCUT2D eigenvalue weighted by molar-refractivity contribution is 0.317. The fourth-order valence-corrected chi connectivity index (χ4v) is 2.08. The van der Waals surface area contributed by atoms with Crippen molar-refractivity contribution in [3.63, 3.8) is 0 Å². The number of nitrogens with zero attached hydrogens (tertiary/aromatic N) is 2. The van der Waals surface area contributed by atoms with Gasteiger partial charge < -0.3 is 10.1 Å². The van der Waals surface area contributed by atoms with Crippen LogP contribution in [0.1, 0.15) is 27.7 Å². The molecule has 84 valence electrons. The van der Waals surface area contributed by atoms with Gasteiger partial charge in [-0.25, -0.2) is 0 Å². The summed E-state index contributed by atoms with van der Waals surface area (Å²) in [4.78, 5) is 2.36. The molecule has 0 aromatic heterocycles. The first-order valence-electron chi connectivity index (χ1n) is 5.22. The van der Waals surface area contributed by atoms with E-state index >= 15 is 0 Å². The zero-order chi connectivity index (χ0) is 11.0. The van der Waals surface area contributed by atoms with Crippen molar-refractivity contribution in [2.75, 3.05) is 25.4 Å². The van der Waals surface area contributed by atoms with Gasteiger partial charge in [0.1, 0.15) is 5.04 Å². The molecule has 0 aromatic rings. The molecule has 4 heteroatoms. The predicted octanol–water partition coefficient (Wildman–Crippen LogP) is 2.51. The number of oxime groups is 1. The lowest BCUT2D eigenvalue weighted by Gasteiger charge is -2.17. The molecule has 0 bridgehead atoms. The highest BCUT2D eigenvalue weighted by Gasteiger charge is 2.07. The molecule has 0 unspecified atom stereocenters. The molecule has 0 fully saturated rings. The fourth-order valence-electron chi connectivity index (χ4n) is 1.13. The second-order valence-electron chi connectivity index (χ2n) is 3.47. The van der Waals surface area contributed by atoms with Crippen molar-refractivity contribution in [1.82, 2.24) is 4.90 Å². The smallest absolute Gasteiger partial charge is 0.115 e. The zero-order valence-electron chi connectivity index (χ0n) is 9.66. The maximum atomic E-state index is 8.73. The summed E-state index contributed by atoms with van der Waals surface area (Å²) >= 11 is 1.65. The summed E-state index contributed by atoms with van der Waals surface area (Å²) in [5.41, 5.74) is 0. The number of hydrogen-bond donors (Lipinski definition) is 1. The van der Waals surface area contributed by atoms with Crippen molar-refractivity contribution in [2.24, 2.45) is 11.1 Å². The van der Waals surface area contributed by atoms with E-state index in [2.05, 4.69) is 23.9 Å². The van der Waals surface area contributed by atoms with Crippen LogP contribution in [0.3, 0.4) is 0 Å². The molecular formula is C10H22N2OS. The Morgan fingerprint density at radius 1 is 1.36 bits per heavy atom. The van der Waals surface area contributed by atoms with E-state index in [1.54, 1.807) is 11.8 Å². The average molecular weight is 218 g/mol. The molecule has 0 saturated heterocycles. The SMILES string of the molecule is CCN(CC)CCS/C(=N/O)C(C)C. The second kappa shape index (κ2) is 8.12. The van der Waals surface area contributed by atoms with Crippen molar-refractivity contribution in [3.8, 4) is 0 Å². The molecular weight excluding hydrogens is 196 g/mol. The first kappa shape index (κ1) is 13.8. The van der Waals surface area contributed by atoms with Crippen LogP contribution in [0, 0.1) is 5.92 Å². The van der Waals surface area contributed by atoms with E-state index in [4.69, 9.17) is 5.21 Å². The van der Waals surface area contributed by atoms with Crippen LogP contribution in [0.5, 0.6) is 0 Å². The van der Waals surface area contributed by atoms with Gasteiger partial charge in [-0.15, -0.1) is 11.8 Å². The van der Waals surface area contributed by atoms with Crippen molar-refractivity contribution < 1.29 is 5.21 Å². The molecule has 0 aromatic carbocycles. The maximum absolute atomic E-state index is 8.73. The van der Waals surface area contributed by atoms with E-state index in [1.807, 2.05) is 13.8 Å². The Balaban J connectivity index is 3.71. The third kappa shape index (κ3) is 5.50. The average Bonchev–Trinajstić information content (AvgIpc) is 2.18.